The summed E-state index contributed by atoms with van der Waals surface area (Å²) in [5.74, 6) is -1.13. The Kier molecular flexibility index (Phi) is 15.2. The van der Waals surface area contributed by atoms with E-state index in [1.54, 1.807) is 28.2 Å². The Bertz CT molecular complexity index is 1010. The van der Waals surface area contributed by atoms with Crippen molar-refractivity contribution in [3.8, 4) is 0 Å². The number of rotatable bonds is 16. The summed E-state index contributed by atoms with van der Waals surface area (Å²) in [5, 5.41) is 6.07. The van der Waals surface area contributed by atoms with Crippen molar-refractivity contribution in [1.29, 1.82) is 0 Å². The summed E-state index contributed by atoms with van der Waals surface area (Å²) in [6, 6.07) is 7.26. The summed E-state index contributed by atoms with van der Waals surface area (Å²) in [5.41, 5.74) is 1.12. The molecular formula is C33H57N5O4. The van der Waals surface area contributed by atoms with Gasteiger partial charge in [0.1, 0.15) is 18.1 Å². The van der Waals surface area contributed by atoms with Crippen molar-refractivity contribution in [3.05, 3.63) is 35.9 Å². The van der Waals surface area contributed by atoms with Gasteiger partial charge in [0, 0.05) is 27.7 Å². The van der Waals surface area contributed by atoms with Gasteiger partial charge >= 0.3 is 0 Å². The van der Waals surface area contributed by atoms with Crippen LogP contribution in [-0.4, -0.2) is 97.2 Å². The zero-order valence-electron chi connectivity index (χ0n) is 28.1. The minimum Gasteiger partial charge on any atom is -0.354 e. The summed E-state index contributed by atoms with van der Waals surface area (Å²) in [6.07, 6.45) is 1.16. The standard InChI is InChI=1S/C33H57N5O4/c1-21(2)20-26(36(10)32(41)27(34-9)22(3)4)31(40)38(12)29(24(7)8)33(42)37(11)28(23(5)6)30(39)35-19-18-25-16-14-13-15-17-25/h13-17,21-24,26-29,34H,18-20H2,1-12H3,(H,35,39)/t26-,27-,28-,29-/m1/s1. The van der Waals surface area contributed by atoms with Crippen LogP contribution in [0, 0.1) is 23.7 Å². The van der Waals surface area contributed by atoms with Gasteiger partial charge in [-0.1, -0.05) is 85.7 Å². The highest BCUT2D eigenvalue weighted by atomic mass is 16.2. The molecule has 0 bridgehead atoms. The molecule has 4 atom stereocenters. The van der Waals surface area contributed by atoms with Gasteiger partial charge in [-0.15, -0.1) is 0 Å². The van der Waals surface area contributed by atoms with Gasteiger partial charge in [0.15, 0.2) is 0 Å². The van der Waals surface area contributed by atoms with Gasteiger partial charge in [0.05, 0.1) is 6.04 Å². The number of hydrogen-bond acceptors (Lipinski definition) is 5. The van der Waals surface area contributed by atoms with Crippen LogP contribution in [0.5, 0.6) is 0 Å². The van der Waals surface area contributed by atoms with Crippen molar-refractivity contribution in [3.63, 3.8) is 0 Å². The minimum atomic E-state index is -0.802. The topological polar surface area (TPSA) is 102 Å². The highest BCUT2D eigenvalue weighted by Gasteiger charge is 2.41. The number of carbonyl (C=O) groups is 4. The number of nitrogens with one attached hydrogen (secondary N) is 2. The summed E-state index contributed by atoms with van der Waals surface area (Å²) in [6.45, 7) is 16.0. The van der Waals surface area contributed by atoms with Crippen LogP contribution in [0.3, 0.4) is 0 Å². The van der Waals surface area contributed by atoms with Crippen molar-refractivity contribution < 1.29 is 19.2 Å². The van der Waals surface area contributed by atoms with Crippen molar-refractivity contribution >= 4 is 23.6 Å². The number of amides is 4. The lowest BCUT2D eigenvalue weighted by Gasteiger charge is -2.40. The third-order valence-corrected chi connectivity index (χ3v) is 7.91. The Balaban J connectivity index is 3.21. The molecule has 42 heavy (non-hydrogen) atoms. The lowest BCUT2D eigenvalue weighted by atomic mass is 9.94. The van der Waals surface area contributed by atoms with Crippen LogP contribution in [-0.2, 0) is 25.6 Å². The Hall–Kier alpha value is -2.94. The zero-order valence-corrected chi connectivity index (χ0v) is 28.1. The second-order valence-corrected chi connectivity index (χ2v) is 12.9. The van der Waals surface area contributed by atoms with Gasteiger partial charge in [-0.25, -0.2) is 0 Å². The molecule has 238 valence electrons. The fourth-order valence-corrected chi connectivity index (χ4v) is 5.61. The molecule has 9 heteroatoms. The average molecular weight is 588 g/mol. The molecule has 0 saturated heterocycles. The van der Waals surface area contributed by atoms with Crippen LogP contribution in [0.1, 0.15) is 67.4 Å². The molecule has 0 heterocycles. The Morgan fingerprint density at radius 3 is 1.67 bits per heavy atom. The average Bonchev–Trinajstić information content (AvgIpc) is 2.91. The molecule has 4 amide bonds. The maximum Gasteiger partial charge on any atom is 0.246 e. The normalized spacial score (nSPS) is 14.5. The second-order valence-electron chi connectivity index (χ2n) is 12.9. The molecule has 0 aliphatic carbocycles. The summed E-state index contributed by atoms with van der Waals surface area (Å²) in [7, 11) is 6.68. The molecule has 0 fully saturated rings. The van der Waals surface area contributed by atoms with Crippen molar-refractivity contribution in [2.75, 3.05) is 34.7 Å². The highest BCUT2D eigenvalue weighted by Crippen LogP contribution is 2.22. The molecule has 0 aliphatic rings. The van der Waals surface area contributed by atoms with E-state index < -0.39 is 24.2 Å². The smallest absolute Gasteiger partial charge is 0.246 e. The van der Waals surface area contributed by atoms with E-state index in [1.807, 2.05) is 85.7 Å². The van der Waals surface area contributed by atoms with Crippen LogP contribution >= 0.6 is 0 Å². The van der Waals surface area contributed by atoms with Crippen LogP contribution in [0.4, 0.5) is 0 Å². The second kappa shape index (κ2) is 17.2. The lowest BCUT2D eigenvalue weighted by molar-refractivity contribution is -0.154. The Labute approximate surface area is 254 Å². The minimum absolute atomic E-state index is 0.0444. The van der Waals surface area contributed by atoms with Crippen molar-refractivity contribution in [1.82, 2.24) is 25.3 Å². The first-order valence-corrected chi connectivity index (χ1v) is 15.4. The first-order chi connectivity index (χ1) is 19.6. The number of benzene rings is 1. The number of likely N-dealkylation sites (N-methyl/N-ethyl adjacent to an activating group) is 4. The van der Waals surface area contributed by atoms with Crippen LogP contribution in [0.25, 0.3) is 0 Å². The quantitative estimate of drug-likeness (QED) is 0.309. The third-order valence-electron chi connectivity index (χ3n) is 7.91. The first-order valence-electron chi connectivity index (χ1n) is 15.4. The molecule has 2 N–H and O–H groups in total. The van der Waals surface area contributed by atoms with Gasteiger partial charge in [-0.05, 0) is 49.1 Å². The monoisotopic (exact) mass is 587 g/mol. The van der Waals surface area contributed by atoms with E-state index in [4.69, 9.17) is 0 Å². The lowest BCUT2D eigenvalue weighted by Crippen LogP contribution is -2.61. The molecule has 1 aromatic rings. The highest BCUT2D eigenvalue weighted by molar-refractivity contribution is 5.95. The number of carbonyl (C=O) groups excluding carboxylic acids is 4. The maximum atomic E-state index is 14.1. The Morgan fingerprint density at radius 2 is 1.21 bits per heavy atom. The molecule has 1 aromatic carbocycles. The van der Waals surface area contributed by atoms with E-state index in [1.165, 1.54) is 14.7 Å². The van der Waals surface area contributed by atoms with Gasteiger partial charge in [0.25, 0.3) is 0 Å². The zero-order chi connectivity index (χ0) is 32.3. The predicted molar refractivity (Wildman–Crippen MR) is 170 cm³/mol. The fraction of sp³-hybridized carbons (Fsp3) is 0.697. The van der Waals surface area contributed by atoms with Crippen molar-refractivity contribution in [2.24, 2.45) is 23.7 Å². The molecule has 1 rings (SSSR count). The van der Waals surface area contributed by atoms with Gasteiger partial charge in [0.2, 0.25) is 23.6 Å². The molecule has 0 saturated carbocycles. The van der Waals surface area contributed by atoms with Gasteiger partial charge < -0.3 is 25.3 Å². The molecule has 0 unspecified atom stereocenters. The van der Waals surface area contributed by atoms with Crippen LogP contribution < -0.4 is 10.6 Å². The largest absolute Gasteiger partial charge is 0.354 e. The van der Waals surface area contributed by atoms with Crippen molar-refractivity contribution in [2.45, 2.75) is 92.4 Å². The van der Waals surface area contributed by atoms with Crippen LogP contribution in [0.2, 0.25) is 0 Å². The van der Waals surface area contributed by atoms with E-state index in [-0.39, 0.29) is 47.3 Å². The molecule has 0 radical (unpaired) electrons. The Morgan fingerprint density at radius 1 is 0.690 bits per heavy atom. The molecular weight excluding hydrogens is 530 g/mol. The predicted octanol–water partition coefficient (Wildman–Crippen LogP) is 3.43. The fourth-order valence-electron chi connectivity index (χ4n) is 5.61. The summed E-state index contributed by atoms with van der Waals surface area (Å²) >= 11 is 0. The van der Waals surface area contributed by atoms with Crippen LogP contribution in [0.15, 0.2) is 30.3 Å². The number of nitrogens with zero attached hydrogens (tertiary/aromatic N) is 3. The molecule has 0 aliphatic heterocycles. The molecule has 0 aromatic heterocycles. The first kappa shape index (κ1) is 37.1. The maximum absolute atomic E-state index is 14.1. The van der Waals surface area contributed by atoms with E-state index in [0.29, 0.717) is 19.4 Å². The summed E-state index contributed by atoms with van der Waals surface area (Å²) < 4.78 is 0. The van der Waals surface area contributed by atoms with E-state index in [2.05, 4.69) is 10.6 Å². The molecule has 9 nitrogen and oxygen atoms in total. The van der Waals surface area contributed by atoms with E-state index >= 15 is 0 Å². The number of hydrogen-bond donors (Lipinski definition) is 2. The SMILES string of the molecule is CN[C@@H](C(=O)N(C)[C@H](CC(C)C)C(=O)N(C)[C@@H](C(=O)N(C)[C@@H](C(=O)NCCc1ccccc1)C(C)C)C(C)C)C(C)C. The summed E-state index contributed by atoms with van der Waals surface area (Å²) in [4.78, 5) is 59.3. The molecule has 0 spiro atoms. The van der Waals surface area contributed by atoms with E-state index in [0.717, 1.165) is 5.56 Å². The van der Waals surface area contributed by atoms with E-state index in [9.17, 15) is 19.2 Å². The third kappa shape index (κ3) is 10.1. The van der Waals surface area contributed by atoms with Gasteiger partial charge in [-0.2, -0.15) is 0 Å². The van der Waals surface area contributed by atoms with Gasteiger partial charge in [-0.3, -0.25) is 19.2 Å².